The van der Waals surface area contributed by atoms with Crippen LogP contribution in [0.25, 0.3) is 10.9 Å². The van der Waals surface area contributed by atoms with E-state index in [1.165, 1.54) is 12.6 Å². The van der Waals surface area contributed by atoms with Gasteiger partial charge in [-0.25, -0.2) is 13.5 Å². The quantitative estimate of drug-likeness (QED) is 0.202. The number of benzene rings is 1. The molecular formula is C32H45N5O4S. The summed E-state index contributed by atoms with van der Waals surface area (Å²) in [6.45, 7) is 13.6. The average molecular weight is 596 g/mol. The Kier molecular flexibility index (Phi) is 16.2. The van der Waals surface area contributed by atoms with Gasteiger partial charge in [-0.05, 0) is 50.2 Å². The molecule has 2 N–H and O–H groups in total. The lowest BCUT2D eigenvalue weighted by Crippen LogP contribution is -2.53. The Bertz CT molecular complexity index is 1300. The van der Waals surface area contributed by atoms with E-state index in [1.807, 2.05) is 57.2 Å². The summed E-state index contributed by atoms with van der Waals surface area (Å²) in [7, 11) is 0.0423. The second-order valence-corrected chi connectivity index (χ2v) is 12.1. The van der Waals surface area contributed by atoms with Gasteiger partial charge in [0, 0.05) is 19.0 Å². The second kappa shape index (κ2) is 18.7. The molecule has 228 valence electrons. The number of ketones is 1. The van der Waals surface area contributed by atoms with Gasteiger partial charge >= 0.3 is 0 Å². The molecule has 3 rings (SSSR count). The molecule has 1 aromatic heterocycles. The highest BCUT2D eigenvalue weighted by molar-refractivity contribution is 7.96. The van der Waals surface area contributed by atoms with E-state index >= 15 is 0 Å². The topological polar surface area (TPSA) is 121 Å². The van der Waals surface area contributed by atoms with Crippen molar-refractivity contribution in [3.63, 3.8) is 0 Å². The smallest absolute Gasteiger partial charge is 0.270 e. The highest BCUT2D eigenvalue weighted by Gasteiger charge is 2.32. The van der Waals surface area contributed by atoms with E-state index in [-0.39, 0.29) is 23.4 Å². The lowest BCUT2D eigenvalue weighted by Gasteiger charge is -2.27. The van der Waals surface area contributed by atoms with Crippen LogP contribution in [0.4, 0.5) is 0 Å². The Morgan fingerprint density at radius 1 is 1.29 bits per heavy atom. The molecule has 3 unspecified atom stereocenters. The molecule has 1 aromatic carbocycles. The van der Waals surface area contributed by atoms with Crippen molar-refractivity contribution in [1.82, 2.24) is 19.9 Å². The number of para-hydroxylation sites is 1. The highest BCUT2D eigenvalue weighted by Crippen LogP contribution is 2.22. The molecular weight excluding hydrogens is 550 g/mol. The number of aromatic nitrogens is 1. The molecule has 1 aliphatic rings. The number of carbonyl (C=O) groups excluding carboxylic acids is 3. The minimum Gasteiger partial charge on any atom is -0.344 e. The first kappa shape index (κ1) is 36.3. The number of carbonyl (C=O) groups is 3. The summed E-state index contributed by atoms with van der Waals surface area (Å²) in [6.07, 6.45) is 8.96. The third-order valence-electron chi connectivity index (χ3n) is 5.95. The number of allylic oxidation sites excluding steroid dienone is 1. The third-order valence-corrected chi connectivity index (χ3v) is 7.16. The van der Waals surface area contributed by atoms with E-state index < -0.39 is 34.9 Å². The van der Waals surface area contributed by atoms with Crippen molar-refractivity contribution in [3.8, 4) is 12.3 Å². The van der Waals surface area contributed by atoms with Gasteiger partial charge in [0.05, 0.1) is 18.1 Å². The van der Waals surface area contributed by atoms with E-state index in [2.05, 4.69) is 46.5 Å². The number of fused-ring (bicyclic) bond motifs is 1. The molecule has 42 heavy (non-hydrogen) atoms. The summed E-state index contributed by atoms with van der Waals surface area (Å²) in [6, 6.07) is 9.39. The fourth-order valence-corrected chi connectivity index (χ4v) is 4.85. The molecule has 0 spiro atoms. The van der Waals surface area contributed by atoms with Gasteiger partial charge in [0.2, 0.25) is 5.91 Å². The van der Waals surface area contributed by atoms with E-state index in [9.17, 15) is 18.6 Å². The van der Waals surface area contributed by atoms with Crippen LogP contribution < -0.4 is 10.6 Å². The van der Waals surface area contributed by atoms with E-state index in [0.717, 1.165) is 11.8 Å². The van der Waals surface area contributed by atoms with Crippen LogP contribution in [0.3, 0.4) is 0 Å². The summed E-state index contributed by atoms with van der Waals surface area (Å²) in [5, 5.41) is 6.56. The van der Waals surface area contributed by atoms with Gasteiger partial charge < -0.3 is 10.6 Å². The first-order valence-corrected chi connectivity index (χ1v) is 15.1. The van der Waals surface area contributed by atoms with Gasteiger partial charge in [0.25, 0.3) is 5.91 Å². The zero-order valence-corrected chi connectivity index (χ0v) is 26.5. The summed E-state index contributed by atoms with van der Waals surface area (Å²) < 4.78 is 13.8. The number of amides is 2. The first-order chi connectivity index (χ1) is 19.9. The average Bonchev–Trinajstić information content (AvgIpc) is 3.13. The van der Waals surface area contributed by atoms with Crippen molar-refractivity contribution in [2.24, 2.45) is 10.4 Å². The number of nitrogens with one attached hydrogen (secondary N) is 2. The predicted octanol–water partition coefficient (Wildman–Crippen LogP) is 4.46. The van der Waals surface area contributed by atoms with Crippen LogP contribution in [0.5, 0.6) is 0 Å². The summed E-state index contributed by atoms with van der Waals surface area (Å²) in [5.41, 5.74) is 1.95. The minimum atomic E-state index is -1.48. The Morgan fingerprint density at radius 3 is 2.52 bits per heavy atom. The van der Waals surface area contributed by atoms with Crippen molar-refractivity contribution in [1.29, 1.82) is 0 Å². The lowest BCUT2D eigenvalue weighted by atomic mass is 9.87. The third kappa shape index (κ3) is 12.9. The Balaban J connectivity index is 0.00000114. The number of aliphatic imine (C=N–C) groups is 1. The molecule has 0 bridgehead atoms. The van der Waals surface area contributed by atoms with Crippen LogP contribution in [-0.2, 0) is 20.6 Å². The summed E-state index contributed by atoms with van der Waals surface area (Å²) in [4.78, 5) is 47.3. The molecule has 1 aliphatic heterocycles. The number of pyridine rings is 1. The molecule has 10 heteroatoms. The number of terminal acetylenes is 1. The van der Waals surface area contributed by atoms with Gasteiger partial charge in [-0.2, -0.15) is 0 Å². The van der Waals surface area contributed by atoms with Crippen LogP contribution in [0, 0.1) is 17.8 Å². The fourth-order valence-electron chi connectivity index (χ4n) is 3.98. The van der Waals surface area contributed by atoms with E-state index in [1.54, 1.807) is 17.3 Å². The van der Waals surface area contributed by atoms with Crippen molar-refractivity contribution >= 4 is 45.0 Å². The van der Waals surface area contributed by atoms with Crippen molar-refractivity contribution in [3.05, 3.63) is 54.7 Å². The maximum Gasteiger partial charge on any atom is 0.270 e. The van der Waals surface area contributed by atoms with Crippen LogP contribution >= 0.6 is 0 Å². The number of nitrogens with zero attached hydrogens (tertiary/aromatic N) is 3. The van der Waals surface area contributed by atoms with E-state index in [4.69, 9.17) is 0 Å². The molecule has 2 amide bonds. The SMILES string of the molecule is C#CC.C=CCC.CN=CS(=O)N1CCCC(NC(=O)C(CC(C)(C)C)NC(=O)c2ccc3ccccc3n2)C(=O)C1. The molecule has 0 saturated carbocycles. The Morgan fingerprint density at radius 2 is 1.93 bits per heavy atom. The van der Waals surface area contributed by atoms with Gasteiger partial charge in [-0.3, -0.25) is 19.4 Å². The van der Waals surface area contributed by atoms with Crippen LogP contribution in [0.2, 0.25) is 0 Å². The second-order valence-electron chi connectivity index (χ2n) is 10.8. The largest absolute Gasteiger partial charge is 0.344 e. The van der Waals surface area contributed by atoms with Crippen LogP contribution in [0.15, 0.2) is 54.0 Å². The van der Waals surface area contributed by atoms with Crippen molar-refractivity contribution in [2.75, 3.05) is 20.1 Å². The van der Waals surface area contributed by atoms with Crippen molar-refractivity contribution < 1.29 is 18.6 Å². The summed E-state index contributed by atoms with van der Waals surface area (Å²) in [5.74, 6) is 1.16. The highest BCUT2D eigenvalue weighted by atomic mass is 32.2. The molecule has 1 saturated heterocycles. The Labute approximate surface area is 253 Å². The molecule has 0 radical (unpaired) electrons. The van der Waals surface area contributed by atoms with Crippen molar-refractivity contribution in [2.45, 2.75) is 72.4 Å². The molecule has 9 nitrogen and oxygen atoms in total. The maximum atomic E-state index is 13.3. The monoisotopic (exact) mass is 595 g/mol. The standard InChI is InChI=1S/C25H33N5O4S.C4H8.C3H4/c1-25(2,3)14-21(29-23(32)20-12-11-17-8-5-6-9-18(17)27-20)24(33)28-19-10-7-13-30(15-22(19)31)35(34)16-26-4;1-3-4-2;1-3-2/h5-6,8-9,11-12,16,19,21H,7,10,13-15H2,1-4H3,(H,28,33)(H,29,32);3H,1,4H2,2H3;1H,2H3. The number of hydrogen-bond donors (Lipinski definition) is 2. The van der Waals surface area contributed by atoms with Gasteiger partial charge in [-0.1, -0.05) is 58.0 Å². The molecule has 3 atom stereocenters. The number of hydrogen-bond acceptors (Lipinski definition) is 6. The number of rotatable bonds is 8. The molecule has 0 aliphatic carbocycles. The Hall–Kier alpha value is -3.68. The fraction of sp³-hybridized carbons (Fsp3) is 0.469. The molecule has 2 heterocycles. The maximum absolute atomic E-state index is 13.3. The molecule has 1 fully saturated rings. The van der Waals surface area contributed by atoms with Gasteiger partial charge in [0.1, 0.15) is 28.3 Å². The van der Waals surface area contributed by atoms with Crippen LogP contribution in [0.1, 0.15) is 70.8 Å². The van der Waals surface area contributed by atoms with Crippen LogP contribution in [-0.4, -0.2) is 68.9 Å². The van der Waals surface area contributed by atoms with Gasteiger partial charge in [0.15, 0.2) is 5.78 Å². The normalized spacial score (nSPS) is 16.9. The van der Waals surface area contributed by atoms with E-state index in [0.29, 0.717) is 31.3 Å². The minimum absolute atomic E-state index is 0.0408. The van der Waals surface area contributed by atoms with Gasteiger partial charge in [-0.15, -0.1) is 18.9 Å². The zero-order valence-electron chi connectivity index (χ0n) is 25.7. The first-order valence-electron chi connectivity index (χ1n) is 14.0. The zero-order chi connectivity index (χ0) is 31.7. The number of Topliss-reactive ketones (excluding diaryl/α,β-unsaturated/α-hetero) is 1. The summed E-state index contributed by atoms with van der Waals surface area (Å²) >= 11 is 0. The lowest BCUT2D eigenvalue weighted by molar-refractivity contribution is -0.129. The molecule has 2 aromatic rings. The predicted molar refractivity (Wildman–Crippen MR) is 172 cm³/mol.